The van der Waals surface area contributed by atoms with E-state index in [0.717, 1.165) is 44.8 Å². The summed E-state index contributed by atoms with van der Waals surface area (Å²) in [5, 5.41) is 5.08. The summed E-state index contributed by atoms with van der Waals surface area (Å²) >= 11 is 0. The van der Waals surface area contributed by atoms with Gasteiger partial charge in [-0.05, 0) is 56.7 Å². The lowest BCUT2D eigenvalue weighted by Crippen LogP contribution is -2.18. The molecule has 5 nitrogen and oxygen atoms in total. The Morgan fingerprint density at radius 2 is 1.66 bits per heavy atom. The van der Waals surface area contributed by atoms with Gasteiger partial charge >= 0.3 is 0 Å². The Labute approximate surface area is 204 Å². The maximum absolute atomic E-state index is 13.2. The maximum atomic E-state index is 13.2. The van der Waals surface area contributed by atoms with Gasteiger partial charge in [0.25, 0.3) is 5.91 Å². The number of carbonyl (C=O) groups is 1. The molecule has 0 unspecified atom stereocenters. The van der Waals surface area contributed by atoms with Gasteiger partial charge in [-0.3, -0.25) is 4.79 Å². The van der Waals surface area contributed by atoms with Crippen molar-refractivity contribution in [2.45, 2.75) is 20.8 Å². The number of aryl methyl sites for hydroxylation is 2. The summed E-state index contributed by atoms with van der Waals surface area (Å²) in [6.45, 7) is 6.21. The van der Waals surface area contributed by atoms with Gasteiger partial charge < -0.3 is 4.57 Å². The standard InChI is InChI=1S/C30H26N4O/c1-20-10-9-13-25(16-20)34-21(2)17-24(22(34)3)19-31-33-30(35)27-18-29(23-11-5-4-6-12-23)32-28-15-8-7-14-26(27)28/h4-19H,1-3H3,(H,33,35)/b31-19+. The van der Waals surface area contributed by atoms with Crippen LogP contribution < -0.4 is 5.43 Å². The Morgan fingerprint density at radius 3 is 2.46 bits per heavy atom. The van der Waals surface area contributed by atoms with E-state index in [1.807, 2.05) is 60.7 Å². The SMILES string of the molecule is Cc1cccc(-n2c(C)cc(/C=N/NC(=O)c3cc(-c4ccccc4)nc4ccccc34)c2C)c1. The van der Waals surface area contributed by atoms with E-state index in [-0.39, 0.29) is 5.91 Å². The van der Waals surface area contributed by atoms with Crippen LogP contribution in [0.3, 0.4) is 0 Å². The normalized spacial score (nSPS) is 11.3. The van der Waals surface area contributed by atoms with Crippen molar-refractivity contribution in [3.05, 3.63) is 119 Å². The van der Waals surface area contributed by atoms with E-state index in [1.54, 1.807) is 6.21 Å². The molecule has 1 amide bonds. The molecule has 0 atom stereocenters. The van der Waals surface area contributed by atoms with E-state index in [2.05, 4.69) is 66.2 Å². The summed E-state index contributed by atoms with van der Waals surface area (Å²) in [6, 6.07) is 29.8. The number of amides is 1. The molecule has 172 valence electrons. The summed E-state index contributed by atoms with van der Waals surface area (Å²) in [5.41, 5.74) is 11.2. The average Bonchev–Trinajstić information content (AvgIpc) is 3.16. The molecule has 3 aromatic carbocycles. The van der Waals surface area contributed by atoms with Crippen molar-refractivity contribution in [3.8, 4) is 16.9 Å². The van der Waals surface area contributed by atoms with Gasteiger partial charge in [-0.15, -0.1) is 0 Å². The fourth-order valence-electron chi connectivity index (χ4n) is 4.42. The first kappa shape index (κ1) is 22.3. The summed E-state index contributed by atoms with van der Waals surface area (Å²) in [5.74, 6) is -0.274. The number of rotatable bonds is 5. The quantitative estimate of drug-likeness (QED) is 0.245. The minimum absolute atomic E-state index is 0.274. The molecule has 0 aliphatic carbocycles. The number of nitrogens with one attached hydrogen (secondary N) is 1. The van der Waals surface area contributed by atoms with Crippen LogP contribution in [0.15, 0.2) is 96.1 Å². The van der Waals surface area contributed by atoms with Gasteiger partial charge in [0.1, 0.15) is 0 Å². The molecule has 0 radical (unpaired) electrons. The van der Waals surface area contributed by atoms with E-state index in [9.17, 15) is 4.79 Å². The van der Waals surface area contributed by atoms with Gasteiger partial charge in [0, 0.05) is 33.6 Å². The van der Waals surface area contributed by atoms with Crippen LogP contribution in [-0.4, -0.2) is 21.7 Å². The molecule has 0 bridgehead atoms. The second-order valence-corrected chi connectivity index (χ2v) is 8.64. The lowest BCUT2D eigenvalue weighted by Gasteiger charge is -2.10. The molecular formula is C30H26N4O. The second-order valence-electron chi connectivity index (χ2n) is 8.64. The fourth-order valence-corrected chi connectivity index (χ4v) is 4.42. The lowest BCUT2D eigenvalue weighted by atomic mass is 10.0. The van der Waals surface area contributed by atoms with Crippen LogP contribution in [0.1, 0.15) is 32.9 Å². The zero-order chi connectivity index (χ0) is 24.4. The number of nitrogens with zero attached hydrogens (tertiary/aromatic N) is 3. The molecule has 5 rings (SSSR count). The predicted molar refractivity (Wildman–Crippen MR) is 142 cm³/mol. The molecule has 2 heterocycles. The van der Waals surface area contributed by atoms with E-state index in [4.69, 9.17) is 4.98 Å². The highest BCUT2D eigenvalue weighted by Crippen LogP contribution is 2.25. The summed E-state index contributed by atoms with van der Waals surface area (Å²) in [7, 11) is 0. The van der Waals surface area contributed by atoms with Crippen LogP contribution in [0.5, 0.6) is 0 Å². The summed E-state index contributed by atoms with van der Waals surface area (Å²) < 4.78 is 2.19. The molecular weight excluding hydrogens is 432 g/mol. The Hall–Kier alpha value is -4.51. The van der Waals surface area contributed by atoms with E-state index in [1.165, 1.54) is 5.56 Å². The van der Waals surface area contributed by atoms with Crippen molar-refractivity contribution in [1.82, 2.24) is 15.0 Å². The highest BCUT2D eigenvalue weighted by molar-refractivity contribution is 6.07. The number of fused-ring (bicyclic) bond motifs is 1. The molecule has 0 fully saturated rings. The number of pyridine rings is 1. The fraction of sp³-hybridized carbons (Fsp3) is 0.100. The van der Waals surface area contributed by atoms with E-state index < -0.39 is 0 Å². The third-order valence-electron chi connectivity index (χ3n) is 6.13. The Morgan fingerprint density at radius 1 is 0.886 bits per heavy atom. The molecule has 0 aliphatic rings. The summed E-state index contributed by atoms with van der Waals surface area (Å²) in [6.07, 6.45) is 1.70. The third-order valence-corrected chi connectivity index (χ3v) is 6.13. The number of hydrogen-bond acceptors (Lipinski definition) is 3. The van der Waals surface area contributed by atoms with Gasteiger partial charge in [-0.2, -0.15) is 5.10 Å². The zero-order valence-corrected chi connectivity index (χ0v) is 20.0. The van der Waals surface area contributed by atoms with Crippen molar-refractivity contribution in [2.75, 3.05) is 0 Å². The Kier molecular flexibility index (Phi) is 5.98. The van der Waals surface area contributed by atoms with Crippen LogP contribution >= 0.6 is 0 Å². The first-order valence-electron chi connectivity index (χ1n) is 11.6. The first-order valence-corrected chi connectivity index (χ1v) is 11.6. The first-order chi connectivity index (χ1) is 17.0. The van der Waals surface area contributed by atoms with Crippen molar-refractivity contribution in [2.24, 2.45) is 5.10 Å². The molecule has 0 saturated heterocycles. The molecule has 2 aromatic heterocycles. The molecule has 1 N–H and O–H groups in total. The topological polar surface area (TPSA) is 59.3 Å². The van der Waals surface area contributed by atoms with Gasteiger partial charge in [0.15, 0.2) is 0 Å². The van der Waals surface area contributed by atoms with Gasteiger partial charge in [-0.1, -0.05) is 60.7 Å². The van der Waals surface area contributed by atoms with E-state index in [0.29, 0.717) is 5.56 Å². The largest absolute Gasteiger partial charge is 0.318 e. The molecule has 0 spiro atoms. The number of para-hydroxylation sites is 1. The minimum atomic E-state index is -0.274. The molecule has 35 heavy (non-hydrogen) atoms. The van der Waals surface area contributed by atoms with Crippen LogP contribution in [-0.2, 0) is 0 Å². The van der Waals surface area contributed by atoms with Crippen LogP contribution in [0.25, 0.3) is 27.8 Å². The molecule has 0 aliphatic heterocycles. The van der Waals surface area contributed by atoms with Crippen LogP contribution in [0.2, 0.25) is 0 Å². The number of benzene rings is 3. The molecule has 0 saturated carbocycles. The maximum Gasteiger partial charge on any atom is 0.272 e. The van der Waals surface area contributed by atoms with Gasteiger partial charge in [0.05, 0.1) is 23.0 Å². The number of hydrogen-bond donors (Lipinski definition) is 1. The Balaban J connectivity index is 1.44. The minimum Gasteiger partial charge on any atom is -0.318 e. The van der Waals surface area contributed by atoms with Crippen molar-refractivity contribution in [1.29, 1.82) is 0 Å². The lowest BCUT2D eigenvalue weighted by molar-refractivity contribution is 0.0956. The summed E-state index contributed by atoms with van der Waals surface area (Å²) in [4.78, 5) is 17.9. The van der Waals surface area contributed by atoms with Crippen LogP contribution in [0, 0.1) is 20.8 Å². The smallest absolute Gasteiger partial charge is 0.272 e. The number of aromatic nitrogens is 2. The average molecular weight is 459 g/mol. The zero-order valence-electron chi connectivity index (χ0n) is 20.0. The highest BCUT2D eigenvalue weighted by Gasteiger charge is 2.14. The van der Waals surface area contributed by atoms with Crippen molar-refractivity contribution < 1.29 is 4.79 Å². The van der Waals surface area contributed by atoms with Crippen molar-refractivity contribution in [3.63, 3.8) is 0 Å². The third kappa shape index (κ3) is 4.49. The highest BCUT2D eigenvalue weighted by atomic mass is 16.2. The number of hydrazone groups is 1. The van der Waals surface area contributed by atoms with Gasteiger partial charge in [0.2, 0.25) is 0 Å². The molecule has 5 aromatic rings. The second kappa shape index (κ2) is 9.39. The number of carbonyl (C=O) groups excluding carboxylic acids is 1. The van der Waals surface area contributed by atoms with E-state index >= 15 is 0 Å². The Bertz CT molecular complexity index is 1560. The van der Waals surface area contributed by atoms with Gasteiger partial charge in [-0.25, -0.2) is 10.4 Å². The predicted octanol–water partition coefficient (Wildman–Crippen LogP) is 6.38. The van der Waals surface area contributed by atoms with Crippen LogP contribution in [0.4, 0.5) is 0 Å². The molecule has 5 heteroatoms. The monoisotopic (exact) mass is 458 g/mol. The van der Waals surface area contributed by atoms with Crippen molar-refractivity contribution >= 4 is 23.0 Å².